The molecule has 1 heterocycles. The second kappa shape index (κ2) is 10.8. The molecule has 0 radical (unpaired) electrons. The molecule has 0 spiro atoms. The minimum atomic E-state index is 0.0638. The summed E-state index contributed by atoms with van der Waals surface area (Å²) in [6.45, 7) is 1.70. The van der Waals surface area contributed by atoms with Crippen LogP contribution in [0.5, 0.6) is 5.75 Å². The van der Waals surface area contributed by atoms with Gasteiger partial charge in [0.05, 0.1) is 0 Å². The lowest BCUT2D eigenvalue weighted by molar-refractivity contribution is -0.134. The van der Waals surface area contributed by atoms with E-state index in [4.69, 9.17) is 4.74 Å². The lowest BCUT2D eigenvalue weighted by Gasteiger charge is -2.32. The summed E-state index contributed by atoms with van der Waals surface area (Å²) in [4.78, 5) is 27.7. The molecule has 1 saturated heterocycles. The van der Waals surface area contributed by atoms with Crippen molar-refractivity contribution in [3.63, 3.8) is 0 Å². The molecule has 0 aliphatic carbocycles. The second-order valence-corrected chi connectivity index (χ2v) is 8.23. The number of carbonyl (C=O) groups excluding carboxylic acids is 2. The Morgan fingerprint density at radius 1 is 0.967 bits per heavy atom. The molecule has 0 aromatic heterocycles. The quantitative estimate of drug-likeness (QED) is 0.671. The lowest BCUT2D eigenvalue weighted by Crippen LogP contribution is -2.41. The fourth-order valence-electron chi connectivity index (χ4n) is 3.79. The molecule has 2 aromatic rings. The summed E-state index contributed by atoms with van der Waals surface area (Å²) in [7, 11) is 3.58. The van der Waals surface area contributed by atoms with Gasteiger partial charge < -0.3 is 14.5 Å². The van der Waals surface area contributed by atoms with Gasteiger partial charge in [-0.2, -0.15) is 0 Å². The molecule has 2 aromatic carbocycles. The van der Waals surface area contributed by atoms with Gasteiger partial charge in [-0.25, -0.2) is 0 Å². The summed E-state index contributed by atoms with van der Waals surface area (Å²) < 4.78 is 5.59. The maximum Gasteiger partial charge on any atom is 0.260 e. The number of ether oxygens (including phenoxy) is 1. The molecule has 0 bridgehead atoms. The predicted octanol–water partition coefficient (Wildman–Crippen LogP) is 3.57. The first-order valence-electron chi connectivity index (χ1n) is 10.7. The average Bonchev–Trinajstić information content (AvgIpc) is 2.78. The molecule has 0 atom stereocenters. The van der Waals surface area contributed by atoms with E-state index in [0.29, 0.717) is 12.3 Å². The molecule has 1 aliphatic heterocycles. The van der Waals surface area contributed by atoms with Crippen LogP contribution in [0.2, 0.25) is 0 Å². The Labute approximate surface area is 179 Å². The summed E-state index contributed by atoms with van der Waals surface area (Å²) in [6, 6.07) is 18.1. The van der Waals surface area contributed by atoms with Gasteiger partial charge in [0.2, 0.25) is 5.91 Å². The summed E-state index contributed by atoms with van der Waals surface area (Å²) in [5.41, 5.74) is 2.53. The van der Waals surface area contributed by atoms with Crippen molar-refractivity contribution in [2.75, 3.05) is 33.8 Å². The Morgan fingerprint density at radius 2 is 1.60 bits per heavy atom. The van der Waals surface area contributed by atoms with Gasteiger partial charge in [-0.1, -0.05) is 42.5 Å². The van der Waals surface area contributed by atoms with Crippen molar-refractivity contribution in [1.82, 2.24) is 9.80 Å². The summed E-state index contributed by atoms with van der Waals surface area (Å²) in [6.07, 6.45) is 4.42. The van der Waals surface area contributed by atoms with E-state index in [0.717, 1.165) is 44.5 Å². The van der Waals surface area contributed by atoms with Crippen LogP contribution in [0.3, 0.4) is 0 Å². The smallest absolute Gasteiger partial charge is 0.260 e. The maximum absolute atomic E-state index is 12.4. The molecule has 5 nitrogen and oxygen atoms in total. The van der Waals surface area contributed by atoms with E-state index in [-0.39, 0.29) is 18.4 Å². The zero-order chi connectivity index (χ0) is 21.3. The van der Waals surface area contributed by atoms with E-state index in [1.54, 1.807) is 19.0 Å². The number of aryl methyl sites for hydroxylation is 1. The fourth-order valence-corrected chi connectivity index (χ4v) is 3.79. The third kappa shape index (κ3) is 6.61. The minimum absolute atomic E-state index is 0.0638. The van der Waals surface area contributed by atoms with Crippen molar-refractivity contribution in [2.45, 2.75) is 32.1 Å². The number of benzene rings is 2. The van der Waals surface area contributed by atoms with Crippen LogP contribution < -0.4 is 4.74 Å². The molecular weight excluding hydrogens is 376 g/mol. The van der Waals surface area contributed by atoms with Gasteiger partial charge in [0, 0.05) is 33.6 Å². The summed E-state index contributed by atoms with van der Waals surface area (Å²) in [5.74, 6) is 1.56. The molecule has 30 heavy (non-hydrogen) atoms. The number of hydrogen-bond acceptors (Lipinski definition) is 3. The van der Waals surface area contributed by atoms with Crippen molar-refractivity contribution in [2.24, 2.45) is 5.92 Å². The van der Waals surface area contributed by atoms with E-state index in [1.807, 2.05) is 35.2 Å². The number of carbonyl (C=O) groups is 2. The van der Waals surface area contributed by atoms with Crippen LogP contribution in [0.4, 0.5) is 0 Å². The van der Waals surface area contributed by atoms with Gasteiger partial charge in [0.1, 0.15) is 5.75 Å². The normalized spacial score (nSPS) is 14.4. The molecule has 3 rings (SSSR count). The van der Waals surface area contributed by atoms with Crippen LogP contribution in [0, 0.1) is 5.92 Å². The molecule has 2 amide bonds. The highest BCUT2D eigenvalue weighted by Gasteiger charge is 2.23. The van der Waals surface area contributed by atoms with Crippen molar-refractivity contribution < 1.29 is 14.3 Å². The van der Waals surface area contributed by atoms with Crippen LogP contribution in [0.15, 0.2) is 54.6 Å². The summed E-state index contributed by atoms with van der Waals surface area (Å²) in [5, 5.41) is 0. The standard InChI is InChI=1S/C25H32N2O3/c1-26(2)24(28)13-12-20-8-10-21(11-9-20)18-22-14-16-27(17-15-22)25(29)19-30-23-6-4-3-5-7-23/h3-11,22H,12-19H2,1-2H3. The fraction of sp³-hybridized carbons (Fsp3) is 0.440. The number of likely N-dealkylation sites (tertiary alicyclic amines) is 1. The highest BCUT2D eigenvalue weighted by atomic mass is 16.5. The van der Waals surface area contributed by atoms with Crippen molar-refractivity contribution >= 4 is 11.8 Å². The molecule has 0 saturated carbocycles. The summed E-state index contributed by atoms with van der Waals surface area (Å²) >= 11 is 0. The van der Waals surface area contributed by atoms with Gasteiger partial charge in [-0.15, -0.1) is 0 Å². The number of hydrogen-bond donors (Lipinski definition) is 0. The third-order valence-electron chi connectivity index (χ3n) is 5.75. The first-order chi connectivity index (χ1) is 14.5. The van der Waals surface area contributed by atoms with Crippen molar-refractivity contribution in [3.8, 4) is 5.75 Å². The Balaban J connectivity index is 1.39. The Bertz CT molecular complexity index is 810. The zero-order valence-corrected chi connectivity index (χ0v) is 18.0. The monoisotopic (exact) mass is 408 g/mol. The van der Waals surface area contributed by atoms with Crippen LogP contribution in [0.25, 0.3) is 0 Å². The topological polar surface area (TPSA) is 49.9 Å². The Morgan fingerprint density at radius 3 is 2.23 bits per heavy atom. The van der Waals surface area contributed by atoms with Gasteiger partial charge in [-0.05, 0) is 54.9 Å². The Kier molecular flexibility index (Phi) is 7.89. The SMILES string of the molecule is CN(C)C(=O)CCc1ccc(CC2CCN(C(=O)COc3ccccc3)CC2)cc1. The maximum atomic E-state index is 12.4. The van der Waals surface area contributed by atoms with Crippen LogP contribution >= 0.6 is 0 Å². The number of rotatable bonds is 8. The number of nitrogens with zero attached hydrogens (tertiary/aromatic N) is 2. The van der Waals surface area contributed by atoms with Gasteiger partial charge >= 0.3 is 0 Å². The minimum Gasteiger partial charge on any atom is -0.484 e. The van der Waals surface area contributed by atoms with E-state index in [2.05, 4.69) is 24.3 Å². The number of amides is 2. The van der Waals surface area contributed by atoms with E-state index in [9.17, 15) is 9.59 Å². The molecule has 1 aliphatic rings. The van der Waals surface area contributed by atoms with Gasteiger partial charge in [0.15, 0.2) is 6.61 Å². The van der Waals surface area contributed by atoms with Crippen molar-refractivity contribution in [1.29, 1.82) is 0 Å². The van der Waals surface area contributed by atoms with E-state index >= 15 is 0 Å². The molecule has 5 heteroatoms. The lowest BCUT2D eigenvalue weighted by atomic mass is 9.89. The first-order valence-corrected chi connectivity index (χ1v) is 10.7. The zero-order valence-electron chi connectivity index (χ0n) is 18.0. The predicted molar refractivity (Wildman–Crippen MR) is 118 cm³/mol. The number of para-hydroxylation sites is 1. The van der Waals surface area contributed by atoms with Gasteiger partial charge in [0.25, 0.3) is 5.91 Å². The van der Waals surface area contributed by atoms with Crippen LogP contribution in [-0.2, 0) is 22.4 Å². The molecule has 1 fully saturated rings. The molecule has 160 valence electrons. The average molecular weight is 409 g/mol. The van der Waals surface area contributed by atoms with Crippen LogP contribution in [0.1, 0.15) is 30.4 Å². The van der Waals surface area contributed by atoms with Crippen molar-refractivity contribution in [3.05, 3.63) is 65.7 Å². The first kappa shape index (κ1) is 21.9. The molecular formula is C25H32N2O3. The second-order valence-electron chi connectivity index (χ2n) is 8.23. The van der Waals surface area contributed by atoms with E-state index < -0.39 is 0 Å². The highest BCUT2D eigenvalue weighted by Crippen LogP contribution is 2.22. The Hall–Kier alpha value is -2.82. The number of piperidine rings is 1. The highest BCUT2D eigenvalue weighted by molar-refractivity contribution is 5.77. The molecule has 0 N–H and O–H groups in total. The largest absolute Gasteiger partial charge is 0.484 e. The van der Waals surface area contributed by atoms with Crippen LogP contribution in [-0.4, -0.2) is 55.4 Å². The van der Waals surface area contributed by atoms with E-state index in [1.165, 1.54) is 11.1 Å². The molecule has 0 unspecified atom stereocenters. The van der Waals surface area contributed by atoms with Gasteiger partial charge in [-0.3, -0.25) is 9.59 Å². The third-order valence-corrected chi connectivity index (χ3v) is 5.75.